The Morgan fingerprint density at radius 2 is 2.06 bits per heavy atom. The van der Waals surface area contributed by atoms with E-state index in [-0.39, 0.29) is 5.75 Å². The summed E-state index contributed by atoms with van der Waals surface area (Å²) in [6, 6.07) is 5.74. The van der Waals surface area contributed by atoms with Gasteiger partial charge in [0.25, 0.3) is 0 Å². The van der Waals surface area contributed by atoms with Gasteiger partial charge in [-0.25, -0.2) is 4.98 Å². The minimum Gasteiger partial charge on any atom is -0.406 e. The first-order valence-electron chi connectivity index (χ1n) is 4.82. The Balaban J connectivity index is 2.32. The van der Waals surface area contributed by atoms with E-state index in [0.717, 1.165) is 0 Å². The second-order valence-corrected chi connectivity index (χ2v) is 3.39. The second kappa shape index (κ2) is 4.12. The fraction of sp³-hybridized carbons (Fsp3) is 0.182. The van der Waals surface area contributed by atoms with Crippen LogP contribution in [0, 0.1) is 6.92 Å². The third-order valence-electron chi connectivity index (χ3n) is 2.16. The molecule has 0 unspecified atom stereocenters. The van der Waals surface area contributed by atoms with Gasteiger partial charge in [-0.2, -0.15) is 0 Å². The molecule has 17 heavy (non-hydrogen) atoms. The van der Waals surface area contributed by atoms with Crippen LogP contribution in [-0.2, 0) is 0 Å². The van der Waals surface area contributed by atoms with Gasteiger partial charge in [-0.15, -0.1) is 13.2 Å². The number of halogens is 3. The van der Waals surface area contributed by atoms with Crippen molar-refractivity contribution in [2.24, 2.45) is 0 Å². The molecular formula is C11H9F3N2O. The van der Waals surface area contributed by atoms with Crippen molar-refractivity contribution in [1.82, 2.24) is 9.55 Å². The summed E-state index contributed by atoms with van der Waals surface area (Å²) >= 11 is 0. The highest BCUT2D eigenvalue weighted by atomic mass is 19.4. The number of imidazole rings is 1. The van der Waals surface area contributed by atoms with Crippen molar-refractivity contribution in [3.63, 3.8) is 0 Å². The van der Waals surface area contributed by atoms with Crippen molar-refractivity contribution in [2.75, 3.05) is 0 Å². The fourth-order valence-corrected chi connectivity index (χ4v) is 1.48. The van der Waals surface area contributed by atoms with Crippen LogP contribution < -0.4 is 4.74 Å². The summed E-state index contributed by atoms with van der Waals surface area (Å²) < 4.78 is 41.7. The molecule has 0 fully saturated rings. The van der Waals surface area contributed by atoms with Gasteiger partial charge in [-0.3, -0.25) is 0 Å². The van der Waals surface area contributed by atoms with Gasteiger partial charge in [0.1, 0.15) is 11.6 Å². The number of nitrogens with zero attached hydrogens (tertiary/aromatic N) is 2. The summed E-state index contributed by atoms with van der Waals surface area (Å²) in [5.74, 6) is 0.442. The number of ether oxygens (including phenoxy) is 1. The molecule has 6 heteroatoms. The lowest BCUT2D eigenvalue weighted by atomic mass is 10.3. The first-order chi connectivity index (χ1) is 7.96. The van der Waals surface area contributed by atoms with Crippen LogP contribution in [0.4, 0.5) is 13.2 Å². The zero-order chi connectivity index (χ0) is 12.5. The minimum atomic E-state index is -4.68. The summed E-state index contributed by atoms with van der Waals surface area (Å²) in [5, 5.41) is 0. The molecule has 0 aliphatic rings. The SMILES string of the molecule is Cc1nccn1-c1cccc(OC(F)(F)F)c1. The van der Waals surface area contributed by atoms with E-state index < -0.39 is 6.36 Å². The maximum atomic E-state index is 12.1. The van der Waals surface area contributed by atoms with E-state index >= 15 is 0 Å². The highest BCUT2D eigenvalue weighted by Gasteiger charge is 2.31. The van der Waals surface area contributed by atoms with Gasteiger partial charge >= 0.3 is 6.36 Å². The predicted molar refractivity (Wildman–Crippen MR) is 55.0 cm³/mol. The average molecular weight is 242 g/mol. The van der Waals surface area contributed by atoms with Gasteiger partial charge in [0.15, 0.2) is 0 Å². The monoisotopic (exact) mass is 242 g/mol. The molecular weight excluding hydrogens is 233 g/mol. The maximum absolute atomic E-state index is 12.1. The van der Waals surface area contributed by atoms with Crippen molar-refractivity contribution in [2.45, 2.75) is 13.3 Å². The molecule has 0 aliphatic heterocycles. The van der Waals surface area contributed by atoms with Crippen LogP contribution in [0.1, 0.15) is 5.82 Å². The molecule has 1 heterocycles. The van der Waals surface area contributed by atoms with Gasteiger partial charge in [0, 0.05) is 18.5 Å². The second-order valence-electron chi connectivity index (χ2n) is 3.39. The van der Waals surface area contributed by atoms with Crippen molar-refractivity contribution >= 4 is 0 Å². The Morgan fingerprint density at radius 1 is 1.29 bits per heavy atom. The van der Waals surface area contributed by atoms with E-state index in [1.807, 2.05) is 0 Å². The van der Waals surface area contributed by atoms with Crippen molar-refractivity contribution in [1.29, 1.82) is 0 Å². The number of benzene rings is 1. The standard InChI is InChI=1S/C11H9F3N2O/c1-8-15-5-6-16(8)9-3-2-4-10(7-9)17-11(12,13)14/h2-7H,1H3. The first kappa shape index (κ1) is 11.5. The molecule has 2 aromatic rings. The summed E-state index contributed by atoms with van der Waals surface area (Å²) in [6.45, 7) is 1.76. The molecule has 3 nitrogen and oxygen atoms in total. The van der Waals surface area contributed by atoms with Crippen LogP contribution in [0.25, 0.3) is 5.69 Å². The number of hydrogen-bond donors (Lipinski definition) is 0. The molecule has 0 radical (unpaired) electrons. The number of alkyl halides is 3. The molecule has 0 N–H and O–H groups in total. The Morgan fingerprint density at radius 3 is 2.65 bits per heavy atom. The smallest absolute Gasteiger partial charge is 0.406 e. The topological polar surface area (TPSA) is 27.1 Å². The molecule has 0 amide bonds. The third kappa shape index (κ3) is 2.77. The van der Waals surface area contributed by atoms with Crippen LogP contribution in [0.2, 0.25) is 0 Å². The quantitative estimate of drug-likeness (QED) is 0.809. The third-order valence-corrected chi connectivity index (χ3v) is 2.16. The molecule has 0 spiro atoms. The van der Waals surface area contributed by atoms with E-state index in [1.165, 1.54) is 18.2 Å². The highest BCUT2D eigenvalue weighted by molar-refractivity contribution is 5.40. The Kier molecular flexibility index (Phi) is 2.79. The van der Waals surface area contributed by atoms with Crippen LogP contribution in [0.5, 0.6) is 5.75 Å². The van der Waals surface area contributed by atoms with Crippen LogP contribution in [0.3, 0.4) is 0 Å². The zero-order valence-electron chi connectivity index (χ0n) is 8.90. The Bertz CT molecular complexity index is 519. The molecule has 0 saturated carbocycles. The molecule has 90 valence electrons. The molecule has 0 saturated heterocycles. The number of hydrogen-bond acceptors (Lipinski definition) is 2. The van der Waals surface area contributed by atoms with Gasteiger partial charge in [0.2, 0.25) is 0 Å². The van der Waals surface area contributed by atoms with E-state index in [0.29, 0.717) is 11.5 Å². The molecule has 0 aliphatic carbocycles. The van der Waals surface area contributed by atoms with E-state index in [1.54, 1.807) is 30.0 Å². The molecule has 0 bridgehead atoms. The van der Waals surface area contributed by atoms with Crippen LogP contribution in [0.15, 0.2) is 36.7 Å². The highest BCUT2D eigenvalue weighted by Crippen LogP contribution is 2.24. The van der Waals surface area contributed by atoms with E-state index in [2.05, 4.69) is 9.72 Å². The van der Waals surface area contributed by atoms with Gasteiger partial charge in [0.05, 0.1) is 5.69 Å². The van der Waals surface area contributed by atoms with Gasteiger partial charge < -0.3 is 9.30 Å². The summed E-state index contributed by atoms with van der Waals surface area (Å²) in [7, 11) is 0. The number of rotatable bonds is 2. The molecule has 1 aromatic carbocycles. The normalized spacial score (nSPS) is 11.5. The largest absolute Gasteiger partial charge is 0.573 e. The fourth-order valence-electron chi connectivity index (χ4n) is 1.48. The number of aryl methyl sites for hydroxylation is 1. The van der Waals surface area contributed by atoms with Crippen molar-refractivity contribution in [3.8, 4) is 11.4 Å². The summed E-state index contributed by atoms with van der Waals surface area (Å²) in [4.78, 5) is 4.00. The van der Waals surface area contributed by atoms with E-state index in [9.17, 15) is 13.2 Å². The van der Waals surface area contributed by atoms with Crippen LogP contribution in [-0.4, -0.2) is 15.9 Å². The molecule has 2 rings (SSSR count). The minimum absolute atomic E-state index is 0.247. The van der Waals surface area contributed by atoms with Crippen molar-refractivity contribution < 1.29 is 17.9 Å². The van der Waals surface area contributed by atoms with E-state index in [4.69, 9.17) is 0 Å². The average Bonchev–Trinajstić information content (AvgIpc) is 2.62. The lowest BCUT2D eigenvalue weighted by Crippen LogP contribution is -2.17. The summed E-state index contributed by atoms with van der Waals surface area (Å²) in [5.41, 5.74) is 0.571. The Labute approximate surface area is 95.5 Å². The zero-order valence-corrected chi connectivity index (χ0v) is 8.90. The van der Waals surface area contributed by atoms with Crippen molar-refractivity contribution in [3.05, 3.63) is 42.5 Å². The first-order valence-corrected chi connectivity index (χ1v) is 4.82. The van der Waals surface area contributed by atoms with Gasteiger partial charge in [-0.1, -0.05) is 6.07 Å². The van der Waals surface area contributed by atoms with Crippen LogP contribution >= 0.6 is 0 Å². The maximum Gasteiger partial charge on any atom is 0.573 e. The predicted octanol–water partition coefficient (Wildman–Crippen LogP) is 3.08. The molecule has 1 aromatic heterocycles. The van der Waals surface area contributed by atoms with Gasteiger partial charge in [-0.05, 0) is 19.1 Å². The Hall–Kier alpha value is -1.98. The lowest BCUT2D eigenvalue weighted by molar-refractivity contribution is -0.274. The molecule has 0 atom stereocenters. The number of aromatic nitrogens is 2. The lowest BCUT2D eigenvalue weighted by Gasteiger charge is -2.11. The summed E-state index contributed by atoms with van der Waals surface area (Å²) in [6.07, 6.45) is -1.43.